The lowest BCUT2D eigenvalue weighted by molar-refractivity contribution is -0.147. The molecule has 0 aliphatic carbocycles. The Labute approximate surface area is 120 Å². The summed E-state index contributed by atoms with van der Waals surface area (Å²) in [6.45, 7) is 0. The highest BCUT2D eigenvalue weighted by Gasteiger charge is 2.32. The number of nitrogens with one attached hydrogen (secondary N) is 1. The van der Waals surface area contributed by atoms with Crippen LogP contribution in [0.1, 0.15) is 23.2 Å². The van der Waals surface area contributed by atoms with Gasteiger partial charge < -0.3 is 11.1 Å². The first-order valence-corrected chi connectivity index (χ1v) is 6.44. The van der Waals surface area contributed by atoms with Crippen LogP contribution in [0, 0.1) is 0 Å². The Bertz CT molecular complexity index is 588. The minimum atomic E-state index is -0.693. The van der Waals surface area contributed by atoms with Crippen LogP contribution in [0.3, 0.4) is 0 Å². The predicted molar refractivity (Wildman–Crippen MR) is 74.1 cm³/mol. The molecule has 0 bridgehead atoms. The fourth-order valence-corrected chi connectivity index (χ4v) is 2.14. The number of hydrogen-bond acceptors (Lipinski definition) is 4. The maximum atomic E-state index is 12.0. The second kappa shape index (κ2) is 5.50. The van der Waals surface area contributed by atoms with Gasteiger partial charge in [0.05, 0.1) is 10.7 Å². The molecule has 1 unspecified atom stereocenters. The molecule has 1 saturated heterocycles. The standard InChI is InChI=1S/C13H14ClN3O3/c1-17-11(18)5-4-10(13(17)20)16-12(19)7-2-3-9(15)8(14)6-7/h2-3,6,10H,4-5,15H2,1H3,(H,16,19). The third-order valence-corrected chi connectivity index (χ3v) is 3.54. The van der Waals surface area contributed by atoms with Gasteiger partial charge in [-0.2, -0.15) is 0 Å². The first-order valence-electron chi connectivity index (χ1n) is 6.06. The van der Waals surface area contributed by atoms with Crippen LogP contribution in [-0.4, -0.2) is 35.7 Å². The van der Waals surface area contributed by atoms with Gasteiger partial charge in [0.1, 0.15) is 6.04 Å². The summed E-state index contributed by atoms with van der Waals surface area (Å²) in [5, 5.41) is 2.88. The lowest BCUT2D eigenvalue weighted by Gasteiger charge is -2.28. The van der Waals surface area contributed by atoms with E-state index in [2.05, 4.69) is 5.32 Å². The number of piperidine rings is 1. The molecule has 3 N–H and O–H groups in total. The van der Waals surface area contributed by atoms with Gasteiger partial charge in [-0.15, -0.1) is 0 Å². The lowest BCUT2D eigenvalue weighted by Crippen LogP contribution is -2.52. The lowest BCUT2D eigenvalue weighted by atomic mass is 10.0. The molecule has 7 heteroatoms. The van der Waals surface area contributed by atoms with Gasteiger partial charge in [-0.25, -0.2) is 0 Å². The van der Waals surface area contributed by atoms with Crippen molar-refractivity contribution >= 4 is 35.0 Å². The van der Waals surface area contributed by atoms with Gasteiger partial charge in [0, 0.05) is 19.0 Å². The van der Waals surface area contributed by atoms with E-state index < -0.39 is 17.9 Å². The van der Waals surface area contributed by atoms with E-state index in [1.807, 2.05) is 0 Å². The van der Waals surface area contributed by atoms with Crippen LogP contribution in [0.2, 0.25) is 5.02 Å². The van der Waals surface area contributed by atoms with Crippen molar-refractivity contribution in [1.29, 1.82) is 0 Å². The minimum Gasteiger partial charge on any atom is -0.398 e. The number of amides is 3. The highest BCUT2D eigenvalue weighted by molar-refractivity contribution is 6.33. The maximum absolute atomic E-state index is 12.0. The molecule has 0 spiro atoms. The largest absolute Gasteiger partial charge is 0.398 e. The summed E-state index contributed by atoms with van der Waals surface area (Å²) in [7, 11) is 1.41. The Morgan fingerprint density at radius 1 is 1.45 bits per heavy atom. The number of nitrogens with zero attached hydrogens (tertiary/aromatic N) is 1. The van der Waals surface area contributed by atoms with Gasteiger partial charge in [0.15, 0.2) is 0 Å². The fourth-order valence-electron chi connectivity index (χ4n) is 1.96. The smallest absolute Gasteiger partial charge is 0.251 e. The summed E-state index contributed by atoms with van der Waals surface area (Å²) in [5.74, 6) is -1.07. The third-order valence-electron chi connectivity index (χ3n) is 3.22. The number of likely N-dealkylation sites (tertiary alicyclic amines) is 1. The summed E-state index contributed by atoms with van der Waals surface area (Å²) >= 11 is 5.85. The molecule has 106 valence electrons. The monoisotopic (exact) mass is 295 g/mol. The van der Waals surface area contributed by atoms with Crippen molar-refractivity contribution in [3.63, 3.8) is 0 Å². The van der Waals surface area contributed by atoms with Crippen LogP contribution in [0.15, 0.2) is 18.2 Å². The maximum Gasteiger partial charge on any atom is 0.251 e. The topological polar surface area (TPSA) is 92.5 Å². The number of hydrogen-bond donors (Lipinski definition) is 2. The Hall–Kier alpha value is -2.08. The number of nitrogens with two attached hydrogens (primary N) is 1. The SMILES string of the molecule is CN1C(=O)CCC(NC(=O)c2ccc(N)c(Cl)c2)C1=O. The molecule has 2 rings (SSSR count). The molecule has 20 heavy (non-hydrogen) atoms. The number of carbonyl (C=O) groups is 3. The molecule has 1 heterocycles. The number of benzene rings is 1. The Kier molecular flexibility index (Phi) is 3.94. The van der Waals surface area contributed by atoms with Gasteiger partial charge in [-0.1, -0.05) is 11.6 Å². The van der Waals surface area contributed by atoms with Crippen molar-refractivity contribution in [3.05, 3.63) is 28.8 Å². The first kappa shape index (κ1) is 14.3. The van der Waals surface area contributed by atoms with Crippen molar-refractivity contribution in [2.45, 2.75) is 18.9 Å². The van der Waals surface area contributed by atoms with Crippen molar-refractivity contribution in [2.75, 3.05) is 12.8 Å². The van der Waals surface area contributed by atoms with E-state index in [-0.39, 0.29) is 17.4 Å². The predicted octanol–water partition coefficient (Wildman–Crippen LogP) is 0.799. The van der Waals surface area contributed by atoms with Crippen molar-refractivity contribution < 1.29 is 14.4 Å². The van der Waals surface area contributed by atoms with E-state index in [0.29, 0.717) is 17.7 Å². The molecule has 0 saturated carbocycles. The zero-order valence-electron chi connectivity index (χ0n) is 10.9. The molecule has 3 amide bonds. The molecule has 1 fully saturated rings. The Balaban J connectivity index is 2.09. The average Bonchev–Trinajstić information content (AvgIpc) is 2.42. The summed E-state index contributed by atoms with van der Waals surface area (Å²) in [6.07, 6.45) is 0.534. The van der Waals surface area contributed by atoms with Crippen LogP contribution < -0.4 is 11.1 Å². The summed E-state index contributed by atoms with van der Waals surface area (Å²) < 4.78 is 0. The summed E-state index contributed by atoms with van der Waals surface area (Å²) in [5.41, 5.74) is 6.26. The highest BCUT2D eigenvalue weighted by atomic mass is 35.5. The van der Waals surface area contributed by atoms with Crippen molar-refractivity contribution in [2.24, 2.45) is 0 Å². The van der Waals surface area contributed by atoms with Crippen LogP contribution in [0.25, 0.3) is 0 Å². The quantitative estimate of drug-likeness (QED) is 0.623. The summed E-state index contributed by atoms with van der Waals surface area (Å²) in [6, 6.07) is 3.80. The van der Waals surface area contributed by atoms with Gasteiger partial charge in [0.25, 0.3) is 11.8 Å². The van der Waals surface area contributed by atoms with Crippen LogP contribution in [0.4, 0.5) is 5.69 Å². The molecule has 0 aromatic heterocycles. The molecule has 1 aliphatic heterocycles. The Morgan fingerprint density at radius 3 is 2.80 bits per heavy atom. The highest BCUT2D eigenvalue weighted by Crippen LogP contribution is 2.20. The van der Waals surface area contributed by atoms with Crippen LogP contribution >= 0.6 is 11.6 Å². The van der Waals surface area contributed by atoms with E-state index in [9.17, 15) is 14.4 Å². The fraction of sp³-hybridized carbons (Fsp3) is 0.308. The zero-order valence-corrected chi connectivity index (χ0v) is 11.6. The number of imide groups is 1. The molecule has 1 aromatic rings. The second-order valence-electron chi connectivity index (χ2n) is 4.59. The molecular formula is C13H14ClN3O3. The van der Waals surface area contributed by atoms with Crippen molar-refractivity contribution in [3.8, 4) is 0 Å². The molecule has 1 aliphatic rings. The molecule has 1 atom stereocenters. The van der Waals surface area contributed by atoms with Gasteiger partial charge in [-0.05, 0) is 24.6 Å². The second-order valence-corrected chi connectivity index (χ2v) is 5.00. The number of nitrogen functional groups attached to an aromatic ring is 1. The number of halogens is 1. The number of anilines is 1. The molecule has 0 radical (unpaired) electrons. The van der Waals surface area contributed by atoms with E-state index in [1.165, 1.54) is 25.2 Å². The van der Waals surface area contributed by atoms with Crippen molar-refractivity contribution in [1.82, 2.24) is 10.2 Å². The summed E-state index contributed by atoms with van der Waals surface area (Å²) in [4.78, 5) is 36.3. The molecular weight excluding hydrogens is 282 g/mol. The van der Waals surface area contributed by atoms with E-state index in [0.717, 1.165) is 4.90 Å². The number of rotatable bonds is 2. The average molecular weight is 296 g/mol. The number of likely N-dealkylation sites (N-methyl/N-ethyl adjacent to an activating group) is 1. The molecule has 1 aromatic carbocycles. The molecule has 6 nitrogen and oxygen atoms in total. The minimum absolute atomic E-state index is 0.232. The van der Waals surface area contributed by atoms with Crippen LogP contribution in [0.5, 0.6) is 0 Å². The van der Waals surface area contributed by atoms with Gasteiger partial charge >= 0.3 is 0 Å². The third kappa shape index (κ3) is 2.75. The first-order chi connectivity index (χ1) is 9.40. The van der Waals surface area contributed by atoms with E-state index in [1.54, 1.807) is 0 Å². The zero-order chi connectivity index (χ0) is 14.9. The van der Waals surface area contributed by atoms with Gasteiger partial charge in [0.2, 0.25) is 5.91 Å². The Morgan fingerprint density at radius 2 is 2.15 bits per heavy atom. The normalized spacial score (nSPS) is 19.1. The van der Waals surface area contributed by atoms with E-state index in [4.69, 9.17) is 17.3 Å². The number of carbonyl (C=O) groups excluding carboxylic acids is 3. The van der Waals surface area contributed by atoms with Gasteiger partial charge in [-0.3, -0.25) is 19.3 Å². The van der Waals surface area contributed by atoms with E-state index >= 15 is 0 Å². The van der Waals surface area contributed by atoms with Crippen LogP contribution in [-0.2, 0) is 9.59 Å².